The summed E-state index contributed by atoms with van der Waals surface area (Å²) in [6.45, 7) is 0. The van der Waals surface area contributed by atoms with E-state index in [1.807, 2.05) is 6.07 Å². The maximum Gasteiger partial charge on any atom is 0.184 e. The monoisotopic (exact) mass is 351 g/mol. The maximum absolute atomic E-state index is 13.5. The van der Waals surface area contributed by atoms with E-state index >= 15 is 0 Å². The molecule has 0 radical (unpaired) electrons. The Kier molecular flexibility index (Phi) is 4.53. The van der Waals surface area contributed by atoms with Gasteiger partial charge in [0.1, 0.15) is 11.7 Å². The molecule has 0 amide bonds. The molecule has 0 aliphatic rings. The van der Waals surface area contributed by atoms with Crippen molar-refractivity contribution in [2.24, 2.45) is 0 Å². The van der Waals surface area contributed by atoms with Gasteiger partial charge in [0.15, 0.2) is 5.78 Å². The van der Waals surface area contributed by atoms with Crippen LogP contribution in [-0.4, -0.2) is 5.78 Å². The normalized spacial score (nSPS) is 11.7. The van der Waals surface area contributed by atoms with Crippen LogP contribution in [0.1, 0.15) is 21.8 Å². The first kappa shape index (κ1) is 14.7. The van der Waals surface area contributed by atoms with Gasteiger partial charge in [0.25, 0.3) is 0 Å². The lowest BCUT2D eigenvalue weighted by Gasteiger charge is -2.09. The van der Waals surface area contributed by atoms with Gasteiger partial charge < -0.3 is 0 Å². The van der Waals surface area contributed by atoms with Crippen LogP contribution in [0.25, 0.3) is 0 Å². The first-order valence-electron chi connectivity index (χ1n) is 5.67. The molecule has 2 aromatic carbocycles. The molecule has 1 atom stereocenters. The van der Waals surface area contributed by atoms with Crippen LogP contribution in [0.5, 0.6) is 0 Å². The van der Waals surface area contributed by atoms with Crippen molar-refractivity contribution in [2.45, 2.75) is 5.92 Å². The smallest absolute Gasteiger partial charge is 0.184 e. The molecule has 2 aromatic rings. The first-order chi connectivity index (χ1) is 9.52. The minimum absolute atomic E-state index is 0.150. The largest absolute Gasteiger partial charge is 0.292 e. The van der Waals surface area contributed by atoms with Crippen molar-refractivity contribution < 1.29 is 9.18 Å². The molecule has 0 bridgehead atoms. The van der Waals surface area contributed by atoms with Crippen molar-refractivity contribution >= 4 is 33.3 Å². The van der Waals surface area contributed by atoms with E-state index in [1.165, 1.54) is 12.1 Å². The van der Waals surface area contributed by atoms with Crippen molar-refractivity contribution in [3.05, 3.63) is 68.9 Å². The Morgan fingerprint density at radius 3 is 2.65 bits per heavy atom. The molecule has 0 aliphatic heterocycles. The Balaban J connectivity index is 2.39. The highest BCUT2D eigenvalue weighted by molar-refractivity contribution is 9.10. The fourth-order valence-corrected chi connectivity index (χ4v) is 2.23. The lowest BCUT2D eigenvalue weighted by molar-refractivity contribution is 0.0978. The molecule has 100 valence electrons. The number of Topliss-reactive ketones (excluding diaryl/α,β-unsaturated/α-hetero) is 1. The van der Waals surface area contributed by atoms with Gasteiger partial charge in [-0.2, -0.15) is 5.26 Å². The lowest BCUT2D eigenvalue weighted by Crippen LogP contribution is -2.11. The maximum atomic E-state index is 13.5. The standard InChI is InChI=1S/C15H8BrClFNO/c16-13-5-4-10(7-14(13)18)15(20)12(8-19)9-2-1-3-11(17)6-9/h1-7,12H. The summed E-state index contributed by atoms with van der Waals surface area (Å²) in [4.78, 5) is 12.3. The van der Waals surface area contributed by atoms with Gasteiger partial charge in [0, 0.05) is 10.6 Å². The van der Waals surface area contributed by atoms with E-state index in [9.17, 15) is 14.4 Å². The van der Waals surface area contributed by atoms with Gasteiger partial charge >= 0.3 is 0 Å². The van der Waals surface area contributed by atoms with E-state index in [0.717, 1.165) is 6.07 Å². The van der Waals surface area contributed by atoms with E-state index in [-0.39, 0.29) is 10.0 Å². The summed E-state index contributed by atoms with van der Waals surface area (Å²) >= 11 is 8.87. The summed E-state index contributed by atoms with van der Waals surface area (Å²) in [6, 6.07) is 12.5. The summed E-state index contributed by atoms with van der Waals surface area (Å²) < 4.78 is 13.7. The van der Waals surface area contributed by atoms with E-state index in [0.29, 0.717) is 10.6 Å². The van der Waals surface area contributed by atoms with Gasteiger partial charge in [-0.05, 0) is 45.8 Å². The predicted molar refractivity (Wildman–Crippen MR) is 78.2 cm³/mol. The second-order valence-electron chi connectivity index (χ2n) is 4.11. The Bertz CT molecular complexity index is 711. The van der Waals surface area contributed by atoms with Gasteiger partial charge in [0.2, 0.25) is 0 Å². The molecular formula is C15H8BrClFNO. The highest BCUT2D eigenvalue weighted by Crippen LogP contribution is 2.25. The fourth-order valence-electron chi connectivity index (χ4n) is 1.79. The molecule has 0 spiro atoms. The average Bonchev–Trinajstić information content (AvgIpc) is 2.42. The topological polar surface area (TPSA) is 40.9 Å². The number of halogens is 3. The number of benzene rings is 2. The van der Waals surface area contributed by atoms with Gasteiger partial charge in [-0.1, -0.05) is 29.8 Å². The molecule has 0 aromatic heterocycles. The van der Waals surface area contributed by atoms with Crippen LogP contribution >= 0.6 is 27.5 Å². The molecule has 0 saturated carbocycles. The van der Waals surface area contributed by atoms with Gasteiger partial charge in [-0.25, -0.2) is 4.39 Å². The number of rotatable bonds is 3. The molecule has 0 heterocycles. The number of ketones is 1. The molecular weight excluding hydrogens is 345 g/mol. The van der Waals surface area contributed by atoms with E-state index in [2.05, 4.69) is 15.9 Å². The van der Waals surface area contributed by atoms with Gasteiger partial charge in [-0.15, -0.1) is 0 Å². The van der Waals surface area contributed by atoms with Crippen LogP contribution in [0.15, 0.2) is 46.9 Å². The van der Waals surface area contributed by atoms with Crippen LogP contribution in [0, 0.1) is 17.1 Å². The molecule has 0 fully saturated rings. The molecule has 0 N–H and O–H groups in total. The van der Waals surface area contributed by atoms with Gasteiger partial charge in [-0.3, -0.25) is 4.79 Å². The second-order valence-corrected chi connectivity index (χ2v) is 5.40. The van der Waals surface area contributed by atoms with Crippen molar-refractivity contribution in [3.63, 3.8) is 0 Å². The Hall–Kier alpha value is -1.70. The van der Waals surface area contributed by atoms with E-state index < -0.39 is 17.5 Å². The molecule has 2 rings (SSSR count). The number of carbonyl (C=O) groups excluding carboxylic acids is 1. The zero-order chi connectivity index (χ0) is 14.7. The summed E-state index contributed by atoms with van der Waals surface area (Å²) in [6.07, 6.45) is 0. The third-order valence-electron chi connectivity index (χ3n) is 2.78. The summed E-state index contributed by atoms with van der Waals surface area (Å²) in [7, 11) is 0. The zero-order valence-electron chi connectivity index (χ0n) is 10.1. The summed E-state index contributed by atoms with van der Waals surface area (Å²) in [5, 5.41) is 9.65. The Labute approximate surface area is 128 Å². The van der Waals surface area contributed by atoms with Crippen LogP contribution < -0.4 is 0 Å². The number of hydrogen-bond acceptors (Lipinski definition) is 2. The van der Waals surface area contributed by atoms with Crippen molar-refractivity contribution in [3.8, 4) is 6.07 Å². The van der Waals surface area contributed by atoms with Crippen molar-refractivity contribution in [2.75, 3.05) is 0 Å². The predicted octanol–water partition coefficient (Wildman–Crippen LogP) is 4.73. The molecule has 0 aliphatic carbocycles. The summed E-state index contributed by atoms with van der Waals surface area (Å²) in [5.41, 5.74) is 0.644. The van der Waals surface area contributed by atoms with Crippen molar-refractivity contribution in [1.29, 1.82) is 5.26 Å². The highest BCUT2D eigenvalue weighted by Gasteiger charge is 2.22. The number of hydrogen-bond donors (Lipinski definition) is 0. The third kappa shape index (κ3) is 3.06. The van der Waals surface area contributed by atoms with E-state index in [4.69, 9.17) is 11.6 Å². The SMILES string of the molecule is N#CC(C(=O)c1ccc(Br)c(F)c1)c1cccc(Cl)c1. The number of nitriles is 1. The van der Waals surface area contributed by atoms with Crippen LogP contribution in [0.4, 0.5) is 4.39 Å². The quantitative estimate of drug-likeness (QED) is 0.749. The minimum Gasteiger partial charge on any atom is -0.292 e. The lowest BCUT2D eigenvalue weighted by atomic mass is 9.92. The molecule has 5 heteroatoms. The van der Waals surface area contributed by atoms with Crippen LogP contribution in [0.3, 0.4) is 0 Å². The fraction of sp³-hybridized carbons (Fsp3) is 0.0667. The zero-order valence-corrected chi connectivity index (χ0v) is 12.5. The van der Waals surface area contributed by atoms with Crippen LogP contribution in [0.2, 0.25) is 5.02 Å². The molecule has 20 heavy (non-hydrogen) atoms. The molecule has 1 unspecified atom stereocenters. The average molecular weight is 353 g/mol. The van der Waals surface area contributed by atoms with Crippen LogP contribution in [-0.2, 0) is 0 Å². The van der Waals surface area contributed by atoms with E-state index in [1.54, 1.807) is 24.3 Å². The molecule has 0 saturated heterocycles. The number of nitrogens with zero attached hydrogens (tertiary/aromatic N) is 1. The highest BCUT2D eigenvalue weighted by atomic mass is 79.9. The summed E-state index contributed by atoms with van der Waals surface area (Å²) in [5.74, 6) is -2.01. The third-order valence-corrected chi connectivity index (χ3v) is 3.66. The molecule has 2 nitrogen and oxygen atoms in total. The second kappa shape index (κ2) is 6.17. The Morgan fingerprint density at radius 1 is 1.30 bits per heavy atom. The minimum atomic E-state index is -1.01. The Morgan fingerprint density at radius 2 is 2.05 bits per heavy atom. The first-order valence-corrected chi connectivity index (χ1v) is 6.84. The van der Waals surface area contributed by atoms with Crippen molar-refractivity contribution in [1.82, 2.24) is 0 Å². The van der Waals surface area contributed by atoms with Gasteiger partial charge in [0.05, 0.1) is 10.5 Å². The number of carbonyl (C=O) groups is 1.